The minimum atomic E-state index is -0.797. The van der Waals surface area contributed by atoms with E-state index in [1.54, 1.807) is 23.4 Å². The number of likely N-dealkylation sites (tertiary alicyclic amines) is 1. The summed E-state index contributed by atoms with van der Waals surface area (Å²) in [5, 5.41) is 7.76. The highest BCUT2D eigenvalue weighted by molar-refractivity contribution is 5.96. The van der Waals surface area contributed by atoms with Crippen molar-refractivity contribution in [3.05, 3.63) is 92.7 Å². The zero-order valence-corrected chi connectivity index (χ0v) is 26.3. The van der Waals surface area contributed by atoms with Crippen LogP contribution in [0.3, 0.4) is 0 Å². The number of pyridine rings is 2. The van der Waals surface area contributed by atoms with Crippen LogP contribution in [0, 0.1) is 19.7 Å². The smallest absolute Gasteiger partial charge is 0.322 e. The molecule has 232 valence electrons. The lowest BCUT2D eigenvalue weighted by atomic mass is 9.92. The minimum absolute atomic E-state index is 0.0473. The molecule has 1 fully saturated rings. The van der Waals surface area contributed by atoms with Gasteiger partial charge in [-0.3, -0.25) is 33.6 Å². The molecule has 1 aliphatic rings. The molecule has 5 heterocycles. The Balaban J connectivity index is 1.71. The van der Waals surface area contributed by atoms with Crippen LogP contribution >= 0.6 is 0 Å². The van der Waals surface area contributed by atoms with Gasteiger partial charge < -0.3 is 4.90 Å². The number of carbonyl (C=O) groups excluding carboxylic acids is 1. The monoisotopic (exact) mass is 609 g/mol. The van der Waals surface area contributed by atoms with E-state index in [9.17, 15) is 14.4 Å². The van der Waals surface area contributed by atoms with Crippen LogP contribution in [0.5, 0.6) is 0 Å². The number of rotatable bonds is 5. The predicted octanol–water partition coefficient (Wildman–Crippen LogP) is 5.49. The van der Waals surface area contributed by atoms with Gasteiger partial charge in [0, 0.05) is 41.3 Å². The third-order valence-electron chi connectivity index (χ3n) is 8.98. The molecule has 1 N–H and O–H groups in total. The average Bonchev–Trinajstić information content (AvgIpc) is 3.47. The lowest BCUT2D eigenvalue weighted by Crippen LogP contribution is -2.52. The number of nitrogens with one attached hydrogen (secondary N) is 1. The predicted molar refractivity (Wildman–Crippen MR) is 172 cm³/mol. The molecule has 1 amide bonds. The van der Waals surface area contributed by atoms with Gasteiger partial charge in [-0.2, -0.15) is 5.10 Å². The number of piperidine rings is 1. The minimum Gasteiger partial charge on any atom is -0.334 e. The maximum absolute atomic E-state index is 16.4. The summed E-state index contributed by atoms with van der Waals surface area (Å²) >= 11 is 0. The van der Waals surface area contributed by atoms with E-state index < -0.39 is 23.0 Å². The third kappa shape index (κ3) is 4.77. The van der Waals surface area contributed by atoms with Crippen LogP contribution < -0.4 is 11.1 Å². The van der Waals surface area contributed by atoms with Crippen molar-refractivity contribution in [2.75, 3.05) is 0 Å². The van der Waals surface area contributed by atoms with E-state index in [4.69, 9.17) is 4.98 Å². The van der Waals surface area contributed by atoms with Gasteiger partial charge in [0.2, 0.25) is 5.91 Å². The molecule has 0 aliphatic carbocycles. The molecule has 0 radical (unpaired) electrons. The third-order valence-corrected chi connectivity index (χ3v) is 8.98. The molecule has 3 atom stereocenters. The Morgan fingerprint density at radius 3 is 2.47 bits per heavy atom. The molecule has 1 aromatic carbocycles. The van der Waals surface area contributed by atoms with Crippen molar-refractivity contribution in [1.82, 2.24) is 34.2 Å². The van der Waals surface area contributed by atoms with Crippen molar-refractivity contribution in [2.45, 2.75) is 78.4 Å². The van der Waals surface area contributed by atoms with Crippen LogP contribution in [-0.2, 0) is 4.79 Å². The fourth-order valence-corrected chi connectivity index (χ4v) is 6.98. The summed E-state index contributed by atoms with van der Waals surface area (Å²) in [5.74, 6) is -0.917. The summed E-state index contributed by atoms with van der Waals surface area (Å²) in [7, 11) is 0. The van der Waals surface area contributed by atoms with E-state index in [-0.39, 0.29) is 40.8 Å². The van der Waals surface area contributed by atoms with Crippen LogP contribution in [0.4, 0.5) is 4.39 Å². The number of hydrogen-bond acceptors (Lipinski definition) is 6. The zero-order chi connectivity index (χ0) is 32.3. The number of aromatic nitrogens is 6. The van der Waals surface area contributed by atoms with Crippen molar-refractivity contribution >= 4 is 28.0 Å². The first-order valence-corrected chi connectivity index (χ1v) is 15.2. The van der Waals surface area contributed by atoms with Crippen molar-refractivity contribution in [1.29, 1.82) is 0 Å². The number of aryl methyl sites for hydroxylation is 2. The summed E-state index contributed by atoms with van der Waals surface area (Å²) in [6.07, 6.45) is 5.36. The maximum atomic E-state index is 16.4. The second-order valence-corrected chi connectivity index (χ2v) is 12.4. The SMILES string of the molecule is C=CC(=O)N1[C@H](C)CC(n2c(=O)c(=O)n(-c3c(C)ccnc3C(C)C)c3nc(-c4c(C)ccc5[nH]ncc45)c(F)cc32)C[C@@H]1C. The lowest BCUT2D eigenvalue weighted by molar-refractivity contribution is -0.132. The molecule has 10 nitrogen and oxygen atoms in total. The van der Waals surface area contributed by atoms with Gasteiger partial charge in [-0.15, -0.1) is 0 Å². The molecule has 0 spiro atoms. The van der Waals surface area contributed by atoms with Gasteiger partial charge in [0.1, 0.15) is 5.69 Å². The summed E-state index contributed by atoms with van der Waals surface area (Å²) in [6.45, 7) is 15.1. The summed E-state index contributed by atoms with van der Waals surface area (Å²) in [5.41, 5.74) is 2.67. The Bertz CT molecular complexity index is 2110. The first-order chi connectivity index (χ1) is 21.4. The topological polar surface area (TPSA) is 119 Å². The number of benzene rings is 1. The van der Waals surface area contributed by atoms with Crippen molar-refractivity contribution in [2.24, 2.45) is 0 Å². The number of H-pyrrole nitrogens is 1. The Morgan fingerprint density at radius 1 is 1.09 bits per heavy atom. The van der Waals surface area contributed by atoms with Crippen LogP contribution in [0.25, 0.3) is 39.0 Å². The molecule has 6 rings (SSSR count). The van der Waals surface area contributed by atoms with Gasteiger partial charge >= 0.3 is 11.1 Å². The second kappa shape index (κ2) is 11.2. The molecule has 11 heteroatoms. The molecule has 1 aliphatic heterocycles. The molecule has 1 unspecified atom stereocenters. The van der Waals surface area contributed by atoms with E-state index >= 15 is 4.39 Å². The number of amides is 1. The van der Waals surface area contributed by atoms with E-state index in [1.807, 2.05) is 53.7 Å². The number of halogens is 1. The van der Waals surface area contributed by atoms with Crippen LogP contribution in [0.1, 0.15) is 69.3 Å². The Morgan fingerprint density at radius 2 is 1.80 bits per heavy atom. The maximum Gasteiger partial charge on any atom is 0.322 e. The number of aromatic amines is 1. The van der Waals surface area contributed by atoms with Crippen LogP contribution in [0.2, 0.25) is 0 Å². The molecular formula is C34H36FN7O3. The van der Waals surface area contributed by atoms with Crippen LogP contribution in [-0.4, -0.2) is 52.2 Å². The number of fused-ring (bicyclic) bond motifs is 2. The molecule has 4 aromatic heterocycles. The summed E-state index contributed by atoms with van der Waals surface area (Å²) in [6, 6.07) is 5.84. The number of nitrogens with zero attached hydrogens (tertiary/aromatic N) is 6. The van der Waals surface area contributed by atoms with Gasteiger partial charge in [-0.1, -0.05) is 26.5 Å². The first kappa shape index (κ1) is 30.1. The average molecular weight is 610 g/mol. The van der Waals surface area contributed by atoms with E-state index in [2.05, 4.69) is 21.8 Å². The highest BCUT2D eigenvalue weighted by atomic mass is 19.1. The van der Waals surface area contributed by atoms with Crippen molar-refractivity contribution in [3.8, 4) is 16.9 Å². The van der Waals surface area contributed by atoms with E-state index in [0.717, 1.165) is 11.1 Å². The highest BCUT2D eigenvalue weighted by Gasteiger charge is 2.36. The lowest BCUT2D eigenvalue weighted by Gasteiger charge is -2.43. The van der Waals surface area contributed by atoms with Crippen LogP contribution in [0.15, 0.2) is 58.9 Å². The molecule has 45 heavy (non-hydrogen) atoms. The molecule has 1 saturated heterocycles. The Labute approximate surface area is 259 Å². The number of hydrogen-bond donors (Lipinski definition) is 1. The molecular weight excluding hydrogens is 573 g/mol. The van der Waals surface area contributed by atoms with Gasteiger partial charge in [-0.25, -0.2) is 9.37 Å². The zero-order valence-electron chi connectivity index (χ0n) is 26.3. The first-order valence-electron chi connectivity index (χ1n) is 15.2. The molecule has 0 bridgehead atoms. The molecule has 5 aromatic rings. The fraction of sp³-hybridized carbons (Fsp3) is 0.353. The van der Waals surface area contributed by atoms with Gasteiger partial charge in [-0.05, 0) is 75.8 Å². The van der Waals surface area contributed by atoms with E-state index in [1.165, 1.54) is 21.3 Å². The summed E-state index contributed by atoms with van der Waals surface area (Å²) in [4.78, 5) is 52.3. The van der Waals surface area contributed by atoms with Gasteiger partial charge in [0.25, 0.3) is 0 Å². The van der Waals surface area contributed by atoms with Crippen molar-refractivity contribution < 1.29 is 9.18 Å². The normalized spacial score (nSPS) is 18.7. The molecule has 0 saturated carbocycles. The quantitative estimate of drug-likeness (QED) is 0.208. The second-order valence-electron chi connectivity index (χ2n) is 12.4. The fourth-order valence-electron chi connectivity index (χ4n) is 6.98. The van der Waals surface area contributed by atoms with Crippen molar-refractivity contribution in [3.63, 3.8) is 0 Å². The van der Waals surface area contributed by atoms with Gasteiger partial charge in [0.05, 0.1) is 28.6 Å². The highest BCUT2D eigenvalue weighted by Crippen LogP contribution is 2.36. The largest absolute Gasteiger partial charge is 0.334 e. The summed E-state index contributed by atoms with van der Waals surface area (Å²) < 4.78 is 19.1. The Kier molecular flexibility index (Phi) is 7.50. The van der Waals surface area contributed by atoms with E-state index in [0.29, 0.717) is 40.7 Å². The number of carbonyl (C=O) groups is 1. The Hall–Kier alpha value is -4.93. The van der Waals surface area contributed by atoms with Gasteiger partial charge in [0.15, 0.2) is 11.5 Å². The standard InChI is InChI=1S/C34H36FN7O3/c1-8-27(43)40-20(6)13-22(14-21(40)7)41-26-15-24(35)30(28-18(4)9-10-25-23(28)16-37-39-25)38-32(26)42(34(45)33(41)44)31-19(5)11-12-36-29(31)17(2)3/h8-12,15-17,20-22H,1,13-14H2,2-7H3,(H,37,39)/t20-,21+,22?.